The predicted molar refractivity (Wildman–Crippen MR) is 79.1 cm³/mol. The van der Waals surface area contributed by atoms with Gasteiger partial charge in [-0.1, -0.05) is 12.1 Å². The van der Waals surface area contributed by atoms with Gasteiger partial charge >= 0.3 is 0 Å². The number of aromatic hydroxyl groups is 1. The van der Waals surface area contributed by atoms with Crippen LogP contribution in [0.2, 0.25) is 0 Å². The van der Waals surface area contributed by atoms with E-state index in [0.717, 1.165) is 0 Å². The fraction of sp³-hybridized carbons (Fsp3) is 0.125. The van der Waals surface area contributed by atoms with E-state index in [2.05, 4.69) is 5.32 Å². The van der Waals surface area contributed by atoms with Crippen molar-refractivity contribution in [2.45, 2.75) is 6.92 Å². The normalized spacial score (nSPS) is 10.0. The third-order valence-corrected chi connectivity index (χ3v) is 2.98. The molecule has 1 amide bonds. The summed E-state index contributed by atoms with van der Waals surface area (Å²) in [6.45, 7) is 1.45. The molecule has 0 spiro atoms. The SMILES string of the molecule is COc1ccc(O)c(C(=O)Nc2cccc(C(C)=O)c2)c1. The Hall–Kier alpha value is -2.82. The fourth-order valence-electron chi connectivity index (χ4n) is 1.84. The quantitative estimate of drug-likeness (QED) is 0.847. The average molecular weight is 285 g/mol. The van der Waals surface area contributed by atoms with Gasteiger partial charge in [0.15, 0.2) is 5.78 Å². The fourth-order valence-corrected chi connectivity index (χ4v) is 1.84. The Kier molecular flexibility index (Phi) is 4.23. The summed E-state index contributed by atoms with van der Waals surface area (Å²) < 4.78 is 5.03. The summed E-state index contributed by atoms with van der Waals surface area (Å²) in [5, 5.41) is 12.4. The monoisotopic (exact) mass is 285 g/mol. The molecule has 0 aliphatic heterocycles. The number of rotatable bonds is 4. The molecule has 0 aliphatic carbocycles. The van der Waals surface area contributed by atoms with Gasteiger partial charge in [0, 0.05) is 11.3 Å². The van der Waals surface area contributed by atoms with Gasteiger partial charge in [-0.05, 0) is 37.3 Å². The van der Waals surface area contributed by atoms with Crippen molar-refractivity contribution in [3.8, 4) is 11.5 Å². The highest BCUT2D eigenvalue weighted by Crippen LogP contribution is 2.24. The van der Waals surface area contributed by atoms with E-state index in [0.29, 0.717) is 17.0 Å². The summed E-state index contributed by atoms with van der Waals surface area (Å²) in [6.07, 6.45) is 0. The van der Waals surface area contributed by atoms with Gasteiger partial charge in [-0.2, -0.15) is 0 Å². The lowest BCUT2D eigenvalue weighted by molar-refractivity contribution is 0.101. The molecule has 2 N–H and O–H groups in total. The van der Waals surface area contributed by atoms with Crippen molar-refractivity contribution in [2.24, 2.45) is 0 Å². The molecule has 0 atom stereocenters. The molecule has 0 bridgehead atoms. The molecule has 0 fully saturated rings. The van der Waals surface area contributed by atoms with E-state index < -0.39 is 5.91 Å². The van der Waals surface area contributed by atoms with Gasteiger partial charge in [0.1, 0.15) is 11.5 Å². The lowest BCUT2D eigenvalue weighted by Gasteiger charge is -2.09. The minimum Gasteiger partial charge on any atom is -0.507 e. The summed E-state index contributed by atoms with van der Waals surface area (Å²) in [7, 11) is 1.48. The first-order chi connectivity index (χ1) is 10.0. The number of phenolic OH excluding ortho intramolecular Hbond substituents is 1. The number of Topliss-reactive ketones (excluding diaryl/α,β-unsaturated/α-hetero) is 1. The van der Waals surface area contributed by atoms with Crippen LogP contribution in [0.4, 0.5) is 5.69 Å². The van der Waals surface area contributed by atoms with Crippen molar-refractivity contribution in [1.82, 2.24) is 0 Å². The van der Waals surface area contributed by atoms with E-state index in [1.54, 1.807) is 30.3 Å². The highest BCUT2D eigenvalue weighted by Gasteiger charge is 2.13. The number of ketones is 1. The van der Waals surface area contributed by atoms with Crippen LogP contribution in [0.5, 0.6) is 11.5 Å². The highest BCUT2D eigenvalue weighted by molar-refractivity contribution is 6.07. The van der Waals surface area contributed by atoms with E-state index in [1.807, 2.05) is 0 Å². The Morgan fingerprint density at radius 3 is 2.57 bits per heavy atom. The van der Waals surface area contributed by atoms with Crippen LogP contribution in [0.3, 0.4) is 0 Å². The van der Waals surface area contributed by atoms with Crippen molar-refractivity contribution in [3.05, 3.63) is 53.6 Å². The molecule has 5 heteroatoms. The molecule has 2 rings (SSSR count). The van der Waals surface area contributed by atoms with Crippen LogP contribution >= 0.6 is 0 Å². The largest absolute Gasteiger partial charge is 0.507 e. The Bertz CT molecular complexity index is 694. The number of phenols is 1. The Morgan fingerprint density at radius 2 is 1.90 bits per heavy atom. The number of amides is 1. The number of ether oxygens (including phenoxy) is 1. The lowest BCUT2D eigenvalue weighted by Crippen LogP contribution is -2.12. The zero-order chi connectivity index (χ0) is 15.4. The molecule has 0 radical (unpaired) electrons. The van der Waals surface area contributed by atoms with Gasteiger partial charge in [-0.3, -0.25) is 9.59 Å². The van der Waals surface area contributed by atoms with Crippen LogP contribution < -0.4 is 10.1 Å². The molecule has 21 heavy (non-hydrogen) atoms. The standard InChI is InChI=1S/C16H15NO4/c1-10(18)11-4-3-5-12(8-11)17-16(20)14-9-13(21-2)6-7-15(14)19/h3-9,19H,1-2H3,(H,17,20). The second-order valence-corrected chi connectivity index (χ2v) is 4.47. The molecule has 0 aromatic heterocycles. The van der Waals surface area contributed by atoms with Crippen LogP contribution in [-0.4, -0.2) is 23.9 Å². The molecule has 108 valence electrons. The molecular weight excluding hydrogens is 270 g/mol. The number of nitrogens with one attached hydrogen (secondary N) is 1. The second kappa shape index (κ2) is 6.09. The first-order valence-corrected chi connectivity index (χ1v) is 6.30. The summed E-state index contributed by atoms with van der Waals surface area (Å²) in [5.41, 5.74) is 1.08. The number of carbonyl (C=O) groups is 2. The van der Waals surface area contributed by atoms with Gasteiger partial charge in [0.2, 0.25) is 0 Å². The zero-order valence-electron chi connectivity index (χ0n) is 11.7. The molecular formula is C16H15NO4. The van der Waals surface area contributed by atoms with Crippen molar-refractivity contribution >= 4 is 17.4 Å². The smallest absolute Gasteiger partial charge is 0.259 e. The molecule has 5 nitrogen and oxygen atoms in total. The van der Waals surface area contributed by atoms with Gasteiger partial charge in [-0.15, -0.1) is 0 Å². The van der Waals surface area contributed by atoms with Crippen molar-refractivity contribution in [2.75, 3.05) is 12.4 Å². The van der Waals surface area contributed by atoms with Crippen LogP contribution in [-0.2, 0) is 0 Å². The summed E-state index contributed by atoms with van der Waals surface area (Å²) in [5.74, 6) is -0.242. The minimum absolute atomic E-state index is 0.0877. The van der Waals surface area contributed by atoms with Crippen LogP contribution in [0.25, 0.3) is 0 Å². The lowest BCUT2D eigenvalue weighted by atomic mass is 10.1. The summed E-state index contributed by atoms with van der Waals surface area (Å²) in [6, 6.07) is 11.0. The van der Waals surface area contributed by atoms with E-state index in [-0.39, 0.29) is 17.1 Å². The van der Waals surface area contributed by atoms with Gasteiger partial charge in [0.05, 0.1) is 12.7 Å². The molecule has 2 aromatic rings. The Morgan fingerprint density at radius 1 is 1.14 bits per heavy atom. The van der Waals surface area contributed by atoms with E-state index >= 15 is 0 Å². The van der Waals surface area contributed by atoms with Crippen LogP contribution in [0.15, 0.2) is 42.5 Å². The summed E-state index contributed by atoms with van der Waals surface area (Å²) in [4.78, 5) is 23.5. The Labute approximate surface area is 122 Å². The topological polar surface area (TPSA) is 75.6 Å². The van der Waals surface area contributed by atoms with Crippen molar-refractivity contribution in [3.63, 3.8) is 0 Å². The maximum absolute atomic E-state index is 12.2. The second-order valence-electron chi connectivity index (χ2n) is 4.47. The maximum Gasteiger partial charge on any atom is 0.259 e. The number of carbonyl (C=O) groups excluding carboxylic acids is 2. The number of benzene rings is 2. The number of anilines is 1. The van der Waals surface area contributed by atoms with E-state index in [1.165, 1.54) is 26.2 Å². The molecule has 0 saturated carbocycles. The van der Waals surface area contributed by atoms with Gasteiger partial charge in [-0.25, -0.2) is 0 Å². The zero-order valence-corrected chi connectivity index (χ0v) is 11.7. The molecule has 0 unspecified atom stereocenters. The predicted octanol–water partition coefficient (Wildman–Crippen LogP) is 2.86. The van der Waals surface area contributed by atoms with Crippen LogP contribution in [0.1, 0.15) is 27.6 Å². The number of hydrogen-bond donors (Lipinski definition) is 2. The number of methoxy groups -OCH3 is 1. The molecule has 0 aliphatic rings. The number of hydrogen-bond acceptors (Lipinski definition) is 4. The van der Waals surface area contributed by atoms with E-state index in [9.17, 15) is 14.7 Å². The third-order valence-electron chi connectivity index (χ3n) is 2.98. The maximum atomic E-state index is 12.2. The van der Waals surface area contributed by atoms with E-state index in [4.69, 9.17) is 4.74 Å². The Balaban J connectivity index is 2.25. The molecule has 0 heterocycles. The molecule has 2 aromatic carbocycles. The summed E-state index contributed by atoms with van der Waals surface area (Å²) >= 11 is 0. The van der Waals surface area contributed by atoms with Gasteiger partial charge in [0.25, 0.3) is 5.91 Å². The van der Waals surface area contributed by atoms with Crippen molar-refractivity contribution < 1.29 is 19.4 Å². The molecule has 0 saturated heterocycles. The minimum atomic E-state index is -0.480. The average Bonchev–Trinajstić information content (AvgIpc) is 2.48. The first kappa shape index (κ1) is 14.6. The van der Waals surface area contributed by atoms with Gasteiger partial charge < -0.3 is 15.2 Å². The third kappa shape index (κ3) is 3.39. The highest BCUT2D eigenvalue weighted by atomic mass is 16.5. The first-order valence-electron chi connectivity index (χ1n) is 6.30. The van der Waals surface area contributed by atoms with Crippen LogP contribution in [0, 0.1) is 0 Å². The van der Waals surface area contributed by atoms with Crippen molar-refractivity contribution in [1.29, 1.82) is 0 Å².